The van der Waals surface area contributed by atoms with Gasteiger partial charge in [-0.05, 0) is 18.1 Å². The summed E-state index contributed by atoms with van der Waals surface area (Å²) in [6, 6.07) is 7.96. The minimum absolute atomic E-state index is 0.0939. The number of carbonyl (C=O) groups is 1. The molecule has 92 valence electrons. The van der Waals surface area contributed by atoms with Crippen LogP contribution in [0.5, 0.6) is 0 Å². The highest BCUT2D eigenvalue weighted by molar-refractivity contribution is 6.00. The summed E-state index contributed by atoms with van der Waals surface area (Å²) >= 11 is 0. The third-order valence-corrected chi connectivity index (χ3v) is 3.37. The smallest absolute Gasteiger partial charge is 0.190 e. The van der Waals surface area contributed by atoms with E-state index in [-0.39, 0.29) is 11.7 Å². The molecule has 0 aliphatic carbocycles. The molecule has 2 heterocycles. The van der Waals surface area contributed by atoms with Crippen LogP contribution in [-0.2, 0) is 7.05 Å². The Bertz CT molecular complexity index is 590. The zero-order valence-electron chi connectivity index (χ0n) is 10.1. The number of hydrogen-bond acceptors (Lipinski definition) is 4. The third kappa shape index (κ3) is 1.68. The Morgan fingerprint density at radius 2 is 2.28 bits per heavy atom. The van der Waals surface area contributed by atoms with Crippen molar-refractivity contribution in [3.63, 3.8) is 0 Å². The molecular weight excluding hydrogens is 228 g/mol. The molecule has 0 bridgehead atoms. The van der Waals surface area contributed by atoms with Crippen LogP contribution < -0.4 is 5.32 Å². The minimum atomic E-state index is -0.0975. The first-order valence-electron chi connectivity index (χ1n) is 5.99. The van der Waals surface area contributed by atoms with Crippen LogP contribution in [0.3, 0.4) is 0 Å². The Morgan fingerprint density at radius 1 is 1.44 bits per heavy atom. The molecule has 1 N–H and O–H groups in total. The van der Waals surface area contributed by atoms with Crippen LogP contribution in [0.25, 0.3) is 0 Å². The Balaban J connectivity index is 2.00. The summed E-state index contributed by atoms with van der Waals surface area (Å²) in [5, 5.41) is 10.9. The number of carbonyl (C=O) groups excluding carboxylic acids is 1. The lowest BCUT2D eigenvalue weighted by Crippen LogP contribution is -2.24. The normalized spacial score (nSPS) is 17.9. The summed E-state index contributed by atoms with van der Waals surface area (Å²) in [5.74, 6) is -0.00361. The Morgan fingerprint density at radius 3 is 3.06 bits per heavy atom. The summed E-state index contributed by atoms with van der Waals surface area (Å²) in [4.78, 5) is 12.5. The van der Waals surface area contributed by atoms with Crippen molar-refractivity contribution in [2.75, 3.05) is 11.9 Å². The topological polar surface area (TPSA) is 59.8 Å². The Labute approximate surface area is 105 Å². The average molecular weight is 242 g/mol. The number of fused-ring (bicyclic) bond motifs is 1. The van der Waals surface area contributed by atoms with Gasteiger partial charge in [0, 0.05) is 19.3 Å². The maximum atomic E-state index is 12.5. The molecule has 3 rings (SSSR count). The Hall–Kier alpha value is -2.17. The molecule has 2 aromatic rings. The van der Waals surface area contributed by atoms with Crippen molar-refractivity contribution in [1.82, 2.24) is 15.0 Å². The first kappa shape index (κ1) is 11.0. The molecule has 0 saturated heterocycles. The van der Waals surface area contributed by atoms with Gasteiger partial charge in [0.2, 0.25) is 0 Å². The summed E-state index contributed by atoms with van der Waals surface area (Å²) in [6.07, 6.45) is 2.34. The van der Waals surface area contributed by atoms with Crippen LogP contribution in [0.15, 0.2) is 30.5 Å². The van der Waals surface area contributed by atoms with Gasteiger partial charge in [0.1, 0.15) is 5.69 Å². The molecule has 0 amide bonds. The van der Waals surface area contributed by atoms with Gasteiger partial charge in [0.15, 0.2) is 5.78 Å². The summed E-state index contributed by atoms with van der Waals surface area (Å²) in [6.45, 7) is 0.818. The number of aromatic nitrogens is 3. The maximum Gasteiger partial charge on any atom is 0.190 e. The zero-order valence-corrected chi connectivity index (χ0v) is 10.1. The first-order valence-corrected chi connectivity index (χ1v) is 5.99. The van der Waals surface area contributed by atoms with E-state index in [2.05, 4.69) is 15.6 Å². The van der Waals surface area contributed by atoms with Gasteiger partial charge in [-0.15, -0.1) is 5.10 Å². The number of rotatable bonds is 2. The van der Waals surface area contributed by atoms with Crippen molar-refractivity contribution in [1.29, 1.82) is 0 Å². The van der Waals surface area contributed by atoms with Gasteiger partial charge in [-0.25, -0.2) is 4.68 Å². The molecule has 1 aromatic heterocycles. The highest BCUT2D eigenvalue weighted by Crippen LogP contribution is 2.33. The number of ketones is 1. The second kappa shape index (κ2) is 4.25. The number of Topliss-reactive ketones (excluding diaryl/α,β-unsaturated/α-hetero) is 1. The highest BCUT2D eigenvalue weighted by atomic mass is 16.1. The van der Waals surface area contributed by atoms with Crippen LogP contribution in [0, 0.1) is 0 Å². The van der Waals surface area contributed by atoms with E-state index in [4.69, 9.17) is 0 Å². The fraction of sp³-hybridized carbons (Fsp3) is 0.308. The number of benzene rings is 1. The van der Waals surface area contributed by atoms with Crippen molar-refractivity contribution < 1.29 is 4.79 Å². The largest absolute Gasteiger partial charge is 0.385 e. The molecule has 1 aliphatic rings. The lowest BCUT2D eigenvalue weighted by Gasteiger charge is -2.25. The summed E-state index contributed by atoms with van der Waals surface area (Å²) in [7, 11) is 1.74. The van der Waals surface area contributed by atoms with Crippen molar-refractivity contribution in [2.45, 2.75) is 12.3 Å². The van der Waals surface area contributed by atoms with E-state index in [1.165, 1.54) is 10.9 Å². The van der Waals surface area contributed by atoms with Crippen LogP contribution in [0.2, 0.25) is 0 Å². The van der Waals surface area contributed by atoms with Crippen LogP contribution in [0.4, 0.5) is 5.69 Å². The number of para-hydroxylation sites is 1. The molecular formula is C13H14N4O. The van der Waals surface area contributed by atoms with E-state index in [1.807, 2.05) is 24.3 Å². The SMILES string of the molecule is Cn1nncc1C(=O)C1CCNc2ccccc21. The molecule has 0 saturated carbocycles. The lowest BCUT2D eigenvalue weighted by molar-refractivity contribution is 0.0946. The van der Waals surface area contributed by atoms with Crippen LogP contribution in [0.1, 0.15) is 28.4 Å². The number of nitrogens with zero attached hydrogens (tertiary/aromatic N) is 3. The van der Waals surface area contributed by atoms with Gasteiger partial charge >= 0.3 is 0 Å². The van der Waals surface area contributed by atoms with Gasteiger partial charge in [0.05, 0.1) is 12.1 Å². The fourth-order valence-corrected chi connectivity index (χ4v) is 2.43. The Kier molecular flexibility index (Phi) is 2.59. The quantitative estimate of drug-likeness (QED) is 0.812. The van der Waals surface area contributed by atoms with Crippen molar-refractivity contribution in [2.24, 2.45) is 7.05 Å². The van der Waals surface area contributed by atoms with Gasteiger partial charge in [-0.3, -0.25) is 4.79 Å². The molecule has 1 atom stereocenters. The third-order valence-electron chi connectivity index (χ3n) is 3.37. The predicted octanol–water partition coefficient (Wildman–Crippen LogP) is 1.60. The van der Waals surface area contributed by atoms with E-state index >= 15 is 0 Å². The second-order valence-electron chi connectivity index (χ2n) is 4.46. The van der Waals surface area contributed by atoms with E-state index < -0.39 is 0 Å². The van der Waals surface area contributed by atoms with E-state index in [1.54, 1.807) is 7.05 Å². The van der Waals surface area contributed by atoms with Gasteiger partial charge in [-0.1, -0.05) is 23.4 Å². The molecule has 1 aromatic carbocycles. The monoisotopic (exact) mass is 242 g/mol. The lowest BCUT2D eigenvalue weighted by atomic mass is 9.86. The second-order valence-corrected chi connectivity index (χ2v) is 4.46. The molecule has 5 heteroatoms. The predicted molar refractivity (Wildman–Crippen MR) is 67.6 cm³/mol. The number of aryl methyl sites for hydroxylation is 1. The summed E-state index contributed by atoms with van der Waals surface area (Å²) < 4.78 is 1.53. The number of hydrogen-bond donors (Lipinski definition) is 1. The highest BCUT2D eigenvalue weighted by Gasteiger charge is 2.28. The molecule has 1 unspecified atom stereocenters. The fourth-order valence-electron chi connectivity index (χ4n) is 2.43. The molecule has 18 heavy (non-hydrogen) atoms. The van der Waals surface area contributed by atoms with E-state index in [9.17, 15) is 4.79 Å². The molecule has 0 radical (unpaired) electrons. The van der Waals surface area contributed by atoms with Crippen molar-refractivity contribution in [3.05, 3.63) is 41.7 Å². The van der Waals surface area contributed by atoms with Crippen molar-refractivity contribution >= 4 is 11.5 Å². The minimum Gasteiger partial charge on any atom is -0.385 e. The number of anilines is 1. The molecule has 0 fully saturated rings. The van der Waals surface area contributed by atoms with E-state index in [0.29, 0.717) is 5.69 Å². The van der Waals surface area contributed by atoms with Crippen LogP contribution >= 0.6 is 0 Å². The van der Waals surface area contributed by atoms with Gasteiger partial charge in [-0.2, -0.15) is 0 Å². The summed E-state index contributed by atoms with van der Waals surface area (Å²) in [5.41, 5.74) is 2.68. The van der Waals surface area contributed by atoms with Gasteiger partial charge < -0.3 is 5.32 Å². The zero-order chi connectivity index (χ0) is 12.5. The van der Waals surface area contributed by atoms with Crippen LogP contribution in [-0.4, -0.2) is 27.3 Å². The standard InChI is InChI=1S/C13H14N4O/c1-17-12(8-15-16-17)13(18)10-6-7-14-11-5-3-2-4-9(10)11/h2-5,8,10,14H,6-7H2,1H3. The molecule has 1 aliphatic heterocycles. The number of nitrogens with one attached hydrogen (secondary N) is 1. The molecule has 0 spiro atoms. The van der Waals surface area contributed by atoms with E-state index in [0.717, 1.165) is 24.2 Å². The molecule has 5 nitrogen and oxygen atoms in total. The van der Waals surface area contributed by atoms with Crippen molar-refractivity contribution in [3.8, 4) is 0 Å². The first-order chi connectivity index (χ1) is 8.77. The van der Waals surface area contributed by atoms with Gasteiger partial charge in [0.25, 0.3) is 0 Å². The average Bonchev–Trinajstić information content (AvgIpc) is 2.83. The maximum absolute atomic E-state index is 12.5.